The number of halogens is 1. The van der Waals surface area contributed by atoms with Gasteiger partial charge >= 0.3 is 0 Å². The summed E-state index contributed by atoms with van der Waals surface area (Å²) < 4.78 is 18.3. The zero-order valence-electron chi connectivity index (χ0n) is 7.34. The summed E-state index contributed by atoms with van der Waals surface area (Å²) in [5, 5.41) is 2.69. The fourth-order valence-corrected chi connectivity index (χ4v) is 2.00. The topological polar surface area (TPSA) is 38.3 Å². The van der Waals surface area contributed by atoms with Crippen LogP contribution < -0.4 is 5.32 Å². The standard InChI is InChI=1S/C10H8FNO2/c11-6-1-2-8-7(5-6)10(3-4-14-10)9(13)12-8/h1-2,5H,3-4H2,(H,12,13). The maximum absolute atomic E-state index is 13.0. The number of hydrogen-bond acceptors (Lipinski definition) is 2. The number of ether oxygens (including phenoxy) is 1. The lowest BCUT2D eigenvalue weighted by Crippen LogP contribution is -2.46. The number of amides is 1. The van der Waals surface area contributed by atoms with Gasteiger partial charge in [0.1, 0.15) is 5.82 Å². The predicted molar refractivity (Wildman–Crippen MR) is 47.3 cm³/mol. The third-order valence-electron chi connectivity index (χ3n) is 2.83. The van der Waals surface area contributed by atoms with Crippen LogP contribution in [-0.2, 0) is 15.1 Å². The lowest BCUT2D eigenvalue weighted by atomic mass is 9.88. The van der Waals surface area contributed by atoms with Crippen LogP contribution in [0, 0.1) is 5.82 Å². The van der Waals surface area contributed by atoms with Crippen molar-refractivity contribution < 1.29 is 13.9 Å². The third kappa shape index (κ3) is 0.767. The Labute approximate surface area is 79.9 Å². The van der Waals surface area contributed by atoms with Crippen molar-refractivity contribution in [3.05, 3.63) is 29.6 Å². The molecule has 0 radical (unpaired) electrons. The molecular weight excluding hydrogens is 185 g/mol. The van der Waals surface area contributed by atoms with Crippen LogP contribution in [0.1, 0.15) is 12.0 Å². The molecule has 3 nitrogen and oxygen atoms in total. The minimum Gasteiger partial charge on any atom is -0.360 e. The second-order valence-corrected chi connectivity index (χ2v) is 3.57. The fourth-order valence-electron chi connectivity index (χ4n) is 2.00. The summed E-state index contributed by atoms with van der Waals surface area (Å²) >= 11 is 0. The van der Waals surface area contributed by atoms with E-state index in [1.807, 2.05) is 0 Å². The van der Waals surface area contributed by atoms with E-state index < -0.39 is 5.60 Å². The molecule has 1 unspecified atom stereocenters. The van der Waals surface area contributed by atoms with Crippen molar-refractivity contribution in [3.8, 4) is 0 Å². The molecule has 3 rings (SSSR count). The molecule has 0 aromatic heterocycles. The van der Waals surface area contributed by atoms with Crippen LogP contribution >= 0.6 is 0 Å². The summed E-state index contributed by atoms with van der Waals surface area (Å²) in [5.74, 6) is -0.514. The summed E-state index contributed by atoms with van der Waals surface area (Å²) in [7, 11) is 0. The number of hydrogen-bond donors (Lipinski definition) is 1. The third-order valence-corrected chi connectivity index (χ3v) is 2.83. The number of benzene rings is 1. The molecule has 0 saturated carbocycles. The molecule has 0 aliphatic carbocycles. The minimum atomic E-state index is -0.891. The molecule has 1 aromatic rings. The van der Waals surface area contributed by atoms with Gasteiger partial charge in [0, 0.05) is 17.7 Å². The van der Waals surface area contributed by atoms with Crippen molar-refractivity contribution in [1.82, 2.24) is 0 Å². The first-order valence-electron chi connectivity index (χ1n) is 4.48. The largest absolute Gasteiger partial charge is 0.360 e. The fraction of sp³-hybridized carbons (Fsp3) is 0.300. The Kier molecular flexibility index (Phi) is 1.32. The zero-order valence-corrected chi connectivity index (χ0v) is 7.34. The van der Waals surface area contributed by atoms with E-state index in [9.17, 15) is 9.18 Å². The molecule has 2 aliphatic heterocycles. The molecule has 1 saturated heterocycles. The van der Waals surface area contributed by atoms with Crippen molar-refractivity contribution in [2.75, 3.05) is 11.9 Å². The van der Waals surface area contributed by atoms with Gasteiger partial charge in [0.2, 0.25) is 0 Å². The highest BCUT2D eigenvalue weighted by Crippen LogP contribution is 2.46. The van der Waals surface area contributed by atoms with E-state index in [1.165, 1.54) is 12.1 Å². The molecule has 1 fully saturated rings. The highest BCUT2D eigenvalue weighted by molar-refractivity contribution is 6.05. The Balaban J connectivity index is 2.20. The summed E-state index contributed by atoms with van der Waals surface area (Å²) in [6, 6.07) is 4.27. The number of rotatable bonds is 0. The van der Waals surface area contributed by atoms with Crippen LogP contribution in [0.25, 0.3) is 0 Å². The van der Waals surface area contributed by atoms with Gasteiger partial charge in [0.15, 0.2) is 5.60 Å². The molecule has 14 heavy (non-hydrogen) atoms. The highest BCUT2D eigenvalue weighted by Gasteiger charge is 2.53. The Hall–Kier alpha value is -1.42. The number of anilines is 1. The van der Waals surface area contributed by atoms with Crippen LogP contribution in [0.5, 0.6) is 0 Å². The van der Waals surface area contributed by atoms with Crippen LogP contribution in [0.2, 0.25) is 0 Å². The SMILES string of the molecule is O=C1Nc2ccc(F)cc2C12CCO2. The van der Waals surface area contributed by atoms with Crippen LogP contribution in [0.15, 0.2) is 18.2 Å². The summed E-state index contributed by atoms with van der Waals surface area (Å²) in [6.07, 6.45) is 0.634. The molecule has 1 N–H and O–H groups in total. The normalized spacial score (nSPS) is 28.5. The van der Waals surface area contributed by atoms with E-state index in [4.69, 9.17) is 4.74 Å². The first-order valence-corrected chi connectivity index (χ1v) is 4.48. The van der Waals surface area contributed by atoms with Gasteiger partial charge in [-0.2, -0.15) is 0 Å². The van der Waals surface area contributed by atoms with Crippen molar-refractivity contribution in [2.24, 2.45) is 0 Å². The summed E-state index contributed by atoms with van der Waals surface area (Å²) in [6.45, 7) is 0.559. The monoisotopic (exact) mass is 193 g/mol. The Morgan fingerprint density at radius 2 is 2.29 bits per heavy atom. The smallest absolute Gasteiger partial charge is 0.261 e. The number of nitrogens with one attached hydrogen (secondary N) is 1. The quantitative estimate of drug-likeness (QED) is 0.676. The summed E-state index contributed by atoms with van der Waals surface area (Å²) in [5.41, 5.74) is 0.405. The minimum absolute atomic E-state index is 0.177. The maximum atomic E-state index is 13.0. The Morgan fingerprint density at radius 1 is 1.50 bits per heavy atom. The van der Waals surface area contributed by atoms with Gasteiger partial charge in [0.25, 0.3) is 5.91 Å². The zero-order chi connectivity index (χ0) is 9.76. The van der Waals surface area contributed by atoms with E-state index in [0.29, 0.717) is 24.3 Å². The first kappa shape index (κ1) is 7.94. The predicted octanol–water partition coefficient (Wildman–Crippen LogP) is 1.39. The second-order valence-electron chi connectivity index (χ2n) is 3.57. The summed E-state index contributed by atoms with van der Waals surface area (Å²) in [4.78, 5) is 11.6. The molecular formula is C10H8FNO2. The number of fused-ring (bicyclic) bond motifs is 2. The lowest BCUT2D eigenvalue weighted by Gasteiger charge is -2.36. The van der Waals surface area contributed by atoms with Crippen LogP contribution in [-0.4, -0.2) is 12.5 Å². The van der Waals surface area contributed by atoms with E-state index >= 15 is 0 Å². The van der Waals surface area contributed by atoms with Gasteiger partial charge in [-0.15, -0.1) is 0 Å². The van der Waals surface area contributed by atoms with Crippen molar-refractivity contribution in [1.29, 1.82) is 0 Å². The van der Waals surface area contributed by atoms with Gasteiger partial charge in [-0.1, -0.05) is 0 Å². The molecule has 2 aliphatic rings. The van der Waals surface area contributed by atoms with Gasteiger partial charge in [-0.3, -0.25) is 4.79 Å². The molecule has 1 atom stereocenters. The molecule has 4 heteroatoms. The average Bonchev–Trinajstić information content (AvgIpc) is 2.35. The molecule has 0 bridgehead atoms. The van der Waals surface area contributed by atoms with Gasteiger partial charge in [-0.25, -0.2) is 4.39 Å². The van der Waals surface area contributed by atoms with Crippen molar-refractivity contribution in [2.45, 2.75) is 12.0 Å². The number of carbonyl (C=O) groups excluding carboxylic acids is 1. The molecule has 2 heterocycles. The van der Waals surface area contributed by atoms with Gasteiger partial charge in [-0.05, 0) is 18.2 Å². The van der Waals surface area contributed by atoms with Crippen molar-refractivity contribution >= 4 is 11.6 Å². The second kappa shape index (κ2) is 2.33. The van der Waals surface area contributed by atoms with E-state index in [-0.39, 0.29) is 11.7 Å². The number of carbonyl (C=O) groups is 1. The average molecular weight is 193 g/mol. The Bertz CT molecular complexity index is 426. The Morgan fingerprint density at radius 3 is 2.93 bits per heavy atom. The van der Waals surface area contributed by atoms with E-state index in [0.717, 1.165) is 0 Å². The maximum Gasteiger partial charge on any atom is 0.261 e. The molecule has 1 spiro atoms. The molecule has 1 aromatic carbocycles. The lowest BCUT2D eigenvalue weighted by molar-refractivity contribution is -0.172. The van der Waals surface area contributed by atoms with Crippen LogP contribution in [0.4, 0.5) is 10.1 Å². The van der Waals surface area contributed by atoms with Gasteiger partial charge in [0.05, 0.1) is 6.61 Å². The highest BCUT2D eigenvalue weighted by atomic mass is 19.1. The molecule has 72 valence electrons. The van der Waals surface area contributed by atoms with Crippen molar-refractivity contribution in [3.63, 3.8) is 0 Å². The van der Waals surface area contributed by atoms with Gasteiger partial charge < -0.3 is 10.1 Å². The van der Waals surface area contributed by atoms with E-state index in [2.05, 4.69) is 5.32 Å². The first-order chi connectivity index (χ1) is 6.72. The van der Waals surface area contributed by atoms with E-state index in [1.54, 1.807) is 6.07 Å². The van der Waals surface area contributed by atoms with Crippen LogP contribution in [0.3, 0.4) is 0 Å². The molecule has 1 amide bonds.